The van der Waals surface area contributed by atoms with Crippen LogP contribution >= 0.6 is 22.9 Å². The molecule has 0 spiro atoms. The highest BCUT2D eigenvalue weighted by molar-refractivity contribution is 7.16. The largest absolute Gasteiger partial charge is 0.330 e. The standard InChI is InChI=1S/C16H15ClN2OS/c1-2-10-19(12-14-6-7-15(17)21-14)16(20)8-5-13-4-3-9-18-11-13/h2-9,11H,1,10,12H2/b8-5+. The Labute approximate surface area is 133 Å². The summed E-state index contributed by atoms with van der Waals surface area (Å²) in [5.41, 5.74) is 0.892. The van der Waals surface area contributed by atoms with Gasteiger partial charge < -0.3 is 4.90 Å². The molecule has 0 radical (unpaired) electrons. The van der Waals surface area contributed by atoms with Gasteiger partial charge in [0.05, 0.1) is 10.9 Å². The highest BCUT2D eigenvalue weighted by Crippen LogP contribution is 2.22. The monoisotopic (exact) mass is 318 g/mol. The van der Waals surface area contributed by atoms with E-state index < -0.39 is 0 Å². The minimum Gasteiger partial charge on any atom is -0.330 e. The third kappa shape index (κ3) is 4.85. The molecule has 2 aromatic rings. The number of hydrogen-bond donors (Lipinski definition) is 0. The number of nitrogens with zero attached hydrogens (tertiary/aromatic N) is 2. The van der Waals surface area contributed by atoms with Gasteiger partial charge in [0.15, 0.2) is 0 Å². The van der Waals surface area contributed by atoms with Gasteiger partial charge in [0, 0.05) is 29.9 Å². The first-order chi connectivity index (χ1) is 10.2. The lowest BCUT2D eigenvalue weighted by atomic mass is 10.2. The van der Waals surface area contributed by atoms with Crippen LogP contribution < -0.4 is 0 Å². The molecule has 0 fully saturated rings. The number of hydrogen-bond acceptors (Lipinski definition) is 3. The van der Waals surface area contributed by atoms with E-state index in [1.165, 1.54) is 11.3 Å². The second-order valence-corrected chi connectivity index (χ2v) is 6.13. The van der Waals surface area contributed by atoms with Crippen molar-refractivity contribution in [3.63, 3.8) is 0 Å². The van der Waals surface area contributed by atoms with E-state index in [0.29, 0.717) is 13.1 Å². The summed E-state index contributed by atoms with van der Waals surface area (Å²) in [4.78, 5) is 19.0. The van der Waals surface area contributed by atoms with Crippen molar-refractivity contribution < 1.29 is 4.79 Å². The van der Waals surface area contributed by atoms with Crippen molar-refractivity contribution in [3.05, 3.63) is 70.2 Å². The lowest BCUT2D eigenvalue weighted by Gasteiger charge is -2.18. The van der Waals surface area contributed by atoms with E-state index in [1.54, 1.807) is 35.5 Å². The highest BCUT2D eigenvalue weighted by Gasteiger charge is 2.11. The molecule has 5 heteroatoms. The van der Waals surface area contributed by atoms with Gasteiger partial charge in [0.25, 0.3) is 0 Å². The molecule has 0 saturated heterocycles. The van der Waals surface area contributed by atoms with E-state index in [9.17, 15) is 4.79 Å². The van der Waals surface area contributed by atoms with Crippen LogP contribution in [0.15, 0.2) is 55.4 Å². The Morgan fingerprint density at radius 3 is 2.90 bits per heavy atom. The number of carbonyl (C=O) groups excluding carboxylic acids is 1. The topological polar surface area (TPSA) is 33.2 Å². The van der Waals surface area contributed by atoms with Crippen LogP contribution in [0.25, 0.3) is 6.08 Å². The maximum atomic E-state index is 12.3. The van der Waals surface area contributed by atoms with Crippen LogP contribution in [0.4, 0.5) is 0 Å². The predicted molar refractivity (Wildman–Crippen MR) is 88.2 cm³/mol. The van der Waals surface area contributed by atoms with Crippen molar-refractivity contribution in [1.82, 2.24) is 9.88 Å². The second kappa shape index (κ2) is 7.76. The quantitative estimate of drug-likeness (QED) is 0.595. The molecule has 0 aliphatic heterocycles. The first kappa shape index (κ1) is 15.5. The van der Waals surface area contributed by atoms with Gasteiger partial charge in [0.1, 0.15) is 0 Å². The van der Waals surface area contributed by atoms with Gasteiger partial charge in [-0.1, -0.05) is 23.7 Å². The van der Waals surface area contributed by atoms with Crippen molar-refractivity contribution in [2.75, 3.05) is 6.54 Å². The van der Waals surface area contributed by atoms with Crippen LogP contribution in [-0.4, -0.2) is 22.3 Å². The minimum absolute atomic E-state index is 0.0664. The molecule has 0 saturated carbocycles. The van der Waals surface area contributed by atoms with Gasteiger partial charge in [-0.3, -0.25) is 9.78 Å². The molecule has 0 atom stereocenters. The summed E-state index contributed by atoms with van der Waals surface area (Å²) in [6.45, 7) is 4.72. The van der Waals surface area contributed by atoms with E-state index in [4.69, 9.17) is 11.6 Å². The molecular weight excluding hydrogens is 304 g/mol. The normalized spacial score (nSPS) is 10.7. The first-order valence-electron chi connectivity index (χ1n) is 6.41. The minimum atomic E-state index is -0.0664. The molecule has 2 aromatic heterocycles. The van der Waals surface area contributed by atoms with Crippen LogP contribution in [-0.2, 0) is 11.3 Å². The molecular formula is C16H15ClN2OS. The SMILES string of the molecule is C=CCN(Cc1ccc(Cl)s1)C(=O)/C=C/c1cccnc1. The summed E-state index contributed by atoms with van der Waals surface area (Å²) in [5, 5.41) is 0. The van der Waals surface area contributed by atoms with E-state index in [1.807, 2.05) is 24.3 Å². The molecule has 3 nitrogen and oxygen atoms in total. The molecule has 2 rings (SSSR count). The lowest BCUT2D eigenvalue weighted by molar-refractivity contribution is -0.126. The summed E-state index contributed by atoms with van der Waals surface area (Å²) < 4.78 is 0.724. The molecule has 21 heavy (non-hydrogen) atoms. The van der Waals surface area contributed by atoms with Gasteiger partial charge in [-0.15, -0.1) is 17.9 Å². The maximum Gasteiger partial charge on any atom is 0.247 e. The van der Waals surface area contributed by atoms with Gasteiger partial charge in [-0.05, 0) is 29.8 Å². The molecule has 0 aliphatic rings. The summed E-state index contributed by atoms with van der Waals surface area (Å²) >= 11 is 7.39. The molecule has 0 bridgehead atoms. The summed E-state index contributed by atoms with van der Waals surface area (Å²) in [6, 6.07) is 7.50. The van der Waals surface area contributed by atoms with Gasteiger partial charge in [-0.25, -0.2) is 0 Å². The first-order valence-corrected chi connectivity index (χ1v) is 7.60. The molecule has 108 valence electrons. The molecule has 0 aromatic carbocycles. The number of pyridine rings is 1. The van der Waals surface area contributed by atoms with Crippen LogP contribution in [0.3, 0.4) is 0 Å². The van der Waals surface area contributed by atoms with Crippen molar-refractivity contribution in [2.45, 2.75) is 6.54 Å². The van der Waals surface area contributed by atoms with E-state index in [0.717, 1.165) is 14.8 Å². The fourth-order valence-corrected chi connectivity index (χ4v) is 2.86. The average Bonchev–Trinajstić information content (AvgIpc) is 2.91. The molecule has 1 amide bonds. The molecule has 0 N–H and O–H groups in total. The number of halogens is 1. The lowest BCUT2D eigenvalue weighted by Crippen LogP contribution is -2.28. The molecule has 2 heterocycles. The Bertz CT molecular complexity index is 637. The summed E-state index contributed by atoms with van der Waals surface area (Å²) in [7, 11) is 0. The number of amides is 1. The Morgan fingerprint density at radius 1 is 1.43 bits per heavy atom. The maximum absolute atomic E-state index is 12.3. The average molecular weight is 319 g/mol. The zero-order valence-electron chi connectivity index (χ0n) is 11.4. The van der Waals surface area contributed by atoms with Crippen molar-refractivity contribution in [2.24, 2.45) is 0 Å². The number of rotatable bonds is 6. The van der Waals surface area contributed by atoms with E-state index >= 15 is 0 Å². The smallest absolute Gasteiger partial charge is 0.247 e. The Morgan fingerprint density at radius 2 is 2.29 bits per heavy atom. The molecule has 0 aliphatic carbocycles. The Kier molecular flexibility index (Phi) is 5.72. The van der Waals surface area contributed by atoms with Crippen LogP contribution in [0.2, 0.25) is 4.34 Å². The second-order valence-electron chi connectivity index (χ2n) is 4.33. The number of thiophene rings is 1. The fourth-order valence-electron chi connectivity index (χ4n) is 1.76. The zero-order chi connectivity index (χ0) is 15.1. The van der Waals surface area contributed by atoms with Crippen LogP contribution in [0, 0.1) is 0 Å². The number of aromatic nitrogens is 1. The summed E-state index contributed by atoms with van der Waals surface area (Å²) in [6.07, 6.45) is 8.43. The Hall–Kier alpha value is -1.91. The third-order valence-electron chi connectivity index (χ3n) is 2.74. The van der Waals surface area contributed by atoms with Gasteiger partial charge in [0.2, 0.25) is 5.91 Å². The Balaban J connectivity index is 2.05. The zero-order valence-corrected chi connectivity index (χ0v) is 13.0. The predicted octanol–water partition coefficient (Wildman–Crippen LogP) is 4.02. The third-order valence-corrected chi connectivity index (χ3v) is 3.96. The van der Waals surface area contributed by atoms with Gasteiger partial charge >= 0.3 is 0 Å². The van der Waals surface area contributed by atoms with Crippen molar-refractivity contribution in [3.8, 4) is 0 Å². The number of carbonyl (C=O) groups is 1. The van der Waals surface area contributed by atoms with Crippen LogP contribution in [0.1, 0.15) is 10.4 Å². The van der Waals surface area contributed by atoms with Crippen molar-refractivity contribution >= 4 is 34.9 Å². The summed E-state index contributed by atoms with van der Waals surface area (Å²) in [5.74, 6) is -0.0664. The highest BCUT2D eigenvalue weighted by atomic mass is 35.5. The van der Waals surface area contributed by atoms with Crippen molar-refractivity contribution in [1.29, 1.82) is 0 Å². The molecule has 0 unspecified atom stereocenters. The van der Waals surface area contributed by atoms with Gasteiger partial charge in [-0.2, -0.15) is 0 Å². The van der Waals surface area contributed by atoms with E-state index in [2.05, 4.69) is 11.6 Å². The van der Waals surface area contributed by atoms with Crippen LogP contribution in [0.5, 0.6) is 0 Å². The fraction of sp³-hybridized carbons (Fsp3) is 0.125. The van der Waals surface area contributed by atoms with E-state index in [-0.39, 0.29) is 5.91 Å².